The number of nitrogens with one attached hydrogen (secondary N) is 1. The van der Waals surface area contributed by atoms with Crippen LogP contribution in [0.1, 0.15) is 30.1 Å². The van der Waals surface area contributed by atoms with E-state index in [1.54, 1.807) is 12.3 Å². The Kier molecular flexibility index (Phi) is 4.09. The van der Waals surface area contributed by atoms with Gasteiger partial charge in [-0.3, -0.25) is 9.69 Å². The molecule has 7 nitrogen and oxygen atoms in total. The highest BCUT2D eigenvalue weighted by atomic mass is 16.7. The van der Waals surface area contributed by atoms with Gasteiger partial charge in [0.2, 0.25) is 0 Å². The lowest BCUT2D eigenvalue weighted by Crippen LogP contribution is -2.36. The molecule has 0 radical (unpaired) electrons. The van der Waals surface area contributed by atoms with Crippen molar-refractivity contribution in [3.63, 3.8) is 0 Å². The van der Waals surface area contributed by atoms with Crippen LogP contribution in [0.15, 0.2) is 44.5 Å². The number of hydrogen-bond donors (Lipinski definition) is 1. The molecule has 1 unspecified atom stereocenters. The number of carbonyl (C=O) groups is 1. The fourth-order valence-electron chi connectivity index (χ4n) is 3.40. The van der Waals surface area contributed by atoms with E-state index in [2.05, 4.69) is 15.4 Å². The number of aryl methyl sites for hydroxylation is 1. The third kappa shape index (κ3) is 3.46. The average Bonchev–Trinajstić information content (AvgIpc) is 3.37. The first-order chi connectivity index (χ1) is 12.1. The molecular weight excluding hydrogens is 322 g/mol. The predicted molar refractivity (Wildman–Crippen MR) is 89.8 cm³/mol. The van der Waals surface area contributed by atoms with Crippen molar-refractivity contribution in [3.8, 4) is 0 Å². The molecule has 0 bridgehead atoms. The van der Waals surface area contributed by atoms with Crippen LogP contribution in [0, 0.1) is 6.92 Å². The third-order valence-corrected chi connectivity index (χ3v) is 4.68. The molecular formula is C18H21N3O4. The summed E-state index contributed by atoms with van der Waals surface area (Å²) in [5.41, 5.74) is 0.0566. The van der Waals surface area contributed by atoms with Gasteiger partial charge in [-0.05, 0) is 31.2 Å². The van der Waals surface area contributed by atoms with Crippen molar-refractivity contribution in [1.29, 1.82) is 0 Å². The second-order valence-electron chi connectivity index (χ2n) is 6.72. The minimum Gasteiger partial charge on any atom is -0.467 e. The molecule has 1 saturated heterocycles. The minimum atomic E-state index is -0.390. The number of likely N-dealkylation sites (tertiary alicyclic amines) is 1. The van der Waals surface area contributed by atoms with Crippen molar-refractivity contribution in [3.05, 3.63) is 47.8 Å². The molecule has 2 aromatic heterocycles. The van der Waals surface area contributed by atoms with Gasteiger partial charge in [0.1, 0.15) is 23.0 Å². The van der Waals surface area contributed by atoms with Gasteiger partial charge in [0, 0.05) is 25.9 Å². The molecule has 2 aliphatic heterocycles. The second-order valence-corrected chi connectivity index (χ2v) is 6.72. The molecule has 7 heteroatoms. The first-order valence-corrected chi connectivity index (χ1v) is 8.45. The summed E-state index contributed by atoms with van der Waals surface area (Å²) in [7, 11) is 0. The van der Waals surface area contributed by atoms with Crippen LogP contribution >= 0.6 is 0 Å². The van der Waals surface area contributed by atoms with Gasteiger partial charge in [-0.2, -0.15) is 0 Å². The zero-order valence-corrected chi connectivity index (χ0v) is 14.2. The Labute approximate surface area is 145 Å². The van der Waals surface area contributed by atoms with Gasteiger partial charge in [-0.1, -0.05) is 5.16 Å². The molecule has 0 saturated carbocycles. The maximum absolute atomic E-state index is 12.3. The third-order valence-electron chi connectivity index (χ3n) is 4.68. The molecule has 1 fully saturated rings. The normalized spacial score (nSPS) is 23.0. The van der Waals surface area contributed by atoms with Crippen LogP contribution in [0.3, 0.4) is 0 Å². The average molecular weight is 343 g/mol. The zero-order chi connectivity index (χ0) is 17.3. The Hall–Kier alpha value is -2.54. The molecule has 1 atom stereocenters. The second kappa shape index (κ2) is 6.40. The summed E-state index contributed by atoms with van der Waals surface area (Å²) < 4.78 is 10.8. The Balaban J connectivity index is 1.29. The molecule has 1 amide bonds. The van der Waals surface area contributed by atoms with Gasteiger partial charge in [0.25, 0.3) is 5.91 Å². The highest BCUT2D eigenvalue weighted by Gasteiger charge is 2.46. The van der Waals surface area contributed by atoms with Gasteiger partial charge in [-0.15, -0.1) is 0 Å². The summed E-state index contributed by atoms with van der Waals surface area (Å²) in [4.78, 5) is 20.2. The van der Waals surface area contributed by atoms with Crippen LogP contribution in [-0.2, 0) is 22.7 Å². The molecule has 132 valence electrons. The van der Waals surface area contributed by atoms with Gasteiger partial charge in [0.15, 0.2) is 5.60 Å². The van der Waals surface area contributed by atoms with E-state index in [0.717, 1.165) is 37.6 Å². The largest absolute Gasteiger partial charge is 0.467 e. The number of rotatable bonds is 5. The molecule has 1 spiro atoms. The van der Waals surface area contributed by atoms with Crippen LogP contribution in [-0.4, -0.2) is 35.2 Å². The van der Waals surface area contributed by atoms with E-state index in [4.69, 9.17) is 13.7 Å². The van der Waals surface area contributed by atoms with Crippen molar-refractivity contribution < 1.29 is 18.5 Å². The summed E-state index contributed by atoms with van der Waals surface area (Å²) in [5, 5.41) is 6.86. The van der Waals surface area contributed by atoms with E-state index < -0.39 is 0 Å². The lowest BCUT2D eigenvalue weighted by atomic mass is 9.96. The lowest BCUT2D eigenvalue weighted by molar-refractivity contribution is -0.115. The summed E-state index contributed by atoms with van der Waals surface area (Å²) in [6.45, 7) is 4.68. The number of amides is 1. The van der Waals surface area contributed by atoms with E-state index in [9.17, 15) is 4.79 Å². The quantitative estimate of drug-likeness (QED) is 0.900. The minimum absolute atomic E-state index is 0.201. The Morgan fingerprint density at radius 1 is 1.36 bits per heavy atom. The molecule has 25 heavy (non-hydrogen) atoms. The van der Waals surface area contributed by atoms with Crippen LogP contribution in [0.25, 0.3) is 0 Å². The fourth-order valence-corrected chi connectivity index (χ4v) is 3.40. The van der Waals surface area contributed by atoms with E-state index in [-0.39, 0.29) is 11.5 Å². The number of nitrogens with zero attached hydrogens (tertiary/aromatic N) is 2. The van der Waals surface area contributed by atoms with Crippen molar-refractivity contribution >= 4 is 11.6 Å². The van der Waals surface area contributed by atoms with Gasteiger partial charge in [0.05, 0.1) is 19.4 Å². The number of oxime groups is 1. The van der Waals surface area contributed by atoms with E-state index in [1.807, 2.05) is 25.1 Å². The first-order valence-electron chi connectivity index (χ1n) is 8.45. The summed E-state index contributed by atoms with van der Waals surface area (Å²) >= 11 is 0. The van der Waals surface area contributed by atoms with Crippen molar-refractivity contribution in [2.24, 2.45) is 5.16 Å². The fraction of sp³-hybridized carbons (Fsp3) is 0.444. The highest BCUT2D eigenvalue weighted by molar-refractivity contribution is 6.39. The SMILES string of the molecule is Cc1ccc(CN2CCC3(CC(C(=O)NCc4ccco4)=NO3)C2)o1. The number of carbonyl (C=O) groups excluding carboxylic acids is 1. The van der Waals surface area contributed by atoms with Gasteiger partial charge >= 0.3 is 0 Å². The standard InChI is InChI=1S/C18H21N3O4/c1-13-4-5-15(24-13)11-21-7-6-18(12-21)9-16(20-25-18)17(22)19-10-14-3-2-8-23-14/h2-5,8H,6-7,9-12H2,1H3,(H,19,22). The number of furan rings is 2. The highest BCUT2D eigenvalue weighted by Crippen LogP contribution is 2.34. The first kappa shape index (κ1) is 16.0. The monoisotopic (exact) mass is 343 g/mol. The van der Waals surface area contributed by atoms with Crippen molar-refractivity contribution in [2.45, 2.75) is 38.5 Å². The van der Waals surface area contributed by atoms with Crippen LogP contribution in [0.4, 0.5) is 0 Å². The van der Waals surface area contributed by atoms with Crippen LogP contribution in [0.2, 0.25) is 0 Å². The van der Waals surface area contributed by atoms with Crippen LogP contribution in [0.5, 0.6) is 0 Å². The van der Waals surface area contributed by atoms with E-state index in [0.29, 0.717) is 24.4 Å². The molecule has 0 aromatic carbocycles. The molecule has 4 rings (SSSR count). The molecule has 4 heterocycles. The molecule has 1 N–H and O–H groups in total. The van der Waals surface area contributed by atoms with Crippen LogP contribution < -0.4 is 5.32 Å². The Morgan fingerprint density at radius 3 is 3.04 bits per heavy atom. The maximum Gasteiger partial charge on any atom is 0.269 e. The van der Waals surface area contributed by atoms with Crippen molar-refractivity contribution in [2.75, 3.05) is 13.1 Å². The molecule has 2 aliphatic rings. The van der Waals surface area contributed by atoms with E-state index in [1.165, 1.54) is 0 Å². The number of hydrogen-bond acceptors (Lipinski definition) is 6. The molecule has 2 aromatic rings. The maximum atomic E-state index is 12.3. The zero-order valence-electron chi connectivity index (χ0n) is 14.2. The predicted octanol–water partition coefficient (Wildman–Crippen LogP) is 2.22. The Bertz CT molecular complexity index is 780. The Morgan fingerprint density at radius 2 is 2.28 bits per heavy atom. The van der Waals surface area contributed by atoms with Crippen molar-refractivity contribution in [1.82, 2.24) is 10.2 Å². The topological polar surface area (TPSA) is 80.2 Å². The van der Waals surface area contributed by atoms with Gasteiger partial charge < -0.3 is 19.0 Å². The van der Waals surface area contributed by atoms with Gasteiger partial charge in [-0.25, -0.2) is 0 Å². The molecule has 0 aliphatic carbocycles. The summed E-state index contributed by atoms with van der Waals surface area (Å²) in [6.07, 6.45) is 2.97. The summed E-state index contributed by atoms with van der Waals surface area (Å²) in [6, 6.07) is 7.58. The van der Waals surface area contributed by atoms with E-state index >= 15 is 0 Å². The smallest absolute Gasteiger partial charge is 0.269 e. The lowest BCUT2D eigenvalue weighted by Gasteiger charge is -2.21. The summed E-state index contributed by atoms with van der Waals surface area (Å²) in [5.74, 6) is 2.38.